The van der Waals surface area contributed by atoms with Crippen LogP contribution in [0.1, 0.15) is 17.2 Å². The normalized spacial score (nSPS) is 13.6. The summed E-state index contributed by atoms with van der Waals surface area (Å²) in [6.45, 7) is 0.823. The van der Waals surface area contributed by atoms with Crippen molar-refractivity contribution in [3.05, 3.63) is 59.2 Å². The van der Waals surface area contributed by atoms with Crippen LogP contribution in [0.3, 0.4) is 0 Å². The van der Waals surface area contributed by atoms with Gasteiger partial charge in [-0.15, -0.1) is 0 Å². The number of amides is 2. The molecule has 0 spiro atoms. The van der Waals surface area contributed by atoms with Crippen molar-refractivity contribution in [2.45, 2.75) is 12.5 Å². The van der Waals surface area contributed by atoms with Crippen molar-refractivity contribution < 1.29 is 23.1 Å². The predicted molar refractivity (Wildman–Crippen MR) is 100 cm³/mol. The molecule has 0 aliphatic carbocycles. The van der Waals surface area contributed by atoms with Gasteiger partial charge in [-0.25, -0.2) is 8.78 Å². The van der Waals surface area contributed by atoms with Gasteiger partial charge in [-0.05, 0) is 43.4 Å². The van der Waals surface area contributed by atoms with E-state index in [1.54, 1.807) is 0 Å². The molecule has 0 unspecified atom stereocenters. The number of nitrogens with zero attached hydrogens (tertiary/aromatic N) is 1. The van der Waals surface area contributed by atoms with Crippen molar-refractivity contribution in [2.75, 3.05) is 32.6 Å². The summed E-state index contributed by atoms with van der Waals surface area (Å²) in [4.78, 5) is 26.0. The molecule has 148 valence electrons. The number of carbonyl (C=O) groups excluding carboxylic acids is 2. The average Bonchev–Trinajstić information content (AvgIpc) is 3.12. The summed E-state index contributed by atoms with van der Waals surface area (Å²) in [7, 11) is 3.73. The third kappa shape index (κ3) is 4.45. The molecule has 0 fully saturated rings. The van der Waals surface area contributed by atoms with Gasteiger partial charge in [0.2, 0.25) is 0 Å². The highest BCUT2D eigenvalue weighted by Gasteiger charge is 2.22. The van der Waals surface area contributed by atoms with Gasteiger partial charge in [-0.2, -0.15) is 0 Å². The molecule has 2 aromatic rings. The highest BCUT2D eigenvalue weighted by atomic mass is 19.1. The first-order chi connectivity index (χ1) is 13.3. The Balaban J connectivity index is 1.64. The average molecular weight is 389 g/mol. The molecule has 3 rings (SSSR count). The molecule has 28 heavy (non-hydrogen) atoms. The molecule has 0 aromatic heterocycles. The Kier molecular flexibility index (Phi) is 5.89. The molecule has 0 radical (unpaired) electrons. The number of likely N-dealkylation sites (N-methyl/N-ethyl adjacent to an activating group) is 1. The van der Waals surface area contributed by atoms with Crippen LogP contribution in [0.4, 0.5) is 14.5 Å². The molecular weight excluding hydrogens is 368 g/mol. The molecule has 8 heteroatoms. The summed E-state index contributed by atoms with van der Waals surface area (Å²) in [6.07, 6.45) is 0.831. The maximum atomic E-state index is 13.6. The maximum absolute atomic E-state index is 13.6. The lowest BCUT2D eigenvalue weighted by Crippen LogP contribution is -2.40. The molecule has 0 bridgehead atoms. The Morgan fingerprint density at radius 1 is 1.14 bits per heavy atom. The Hall–Kier alpha value is -3.00. The topological polar surface area (TPSA) is 70.7 Å². The lowest BCUT2D eigenvalue weighted by Gasteiger charge is -2.25. The number of hydrogen-bond donors (Lipinski definition) is 2. The maximum Gasteiger partial charge on any atom is 0.313 e. The Morgan fingerprint density at radius 2 is 1.93 bits per heavy atom. The third-order valence-electron chi connectivity index (χ3n) is 4.56. The quantitative estimate of drug-likeness (QED) is 0.770. The minimum Gasteiger partial charge on any atom is -0.493 e. The lowest BCUT2D eigenvalue weighted by molar-refractivity contribution is -0.136. The van der Waals surface area contributed by atoms with Crippen LogP contribution < -0.4 is 15.4 Å². The third-order valence-corrected chi connectivity index (χ3v) is 4.56. The van der Waals surface area contributed by atoms with Crippen molar-refractivity contribution in [1.82, 2.24) is 10.2 Å². The summed E-state index contributed by atoms with van der Waals surface area (Å²) < 4.78 is 32.3. The van der Waals surface area contributed by atoms with Gasteiger partial charge in [0.15, 0.2) is 0 Å². The molecule has 1 atom stereocenters. The zero-order valence-electron chi connectivity index (χ0n) is 15.6. The second-order valence-corrected chi connectivity index (χ2v) is 6.73. The molecule has 1 aliphatic heterocycles. The molecule has 2 N–H and O–H groups in total. The van der Waals surface area contributed by atoms with Gasteiger partial charge in [0, 0.05) is 19.0 Å². The number of benzene rings is 2. The van der Waals surface area contributed by atoms with E-state index in [0.717, 1.165) is 41.5 Å². The number of anilines is 1. The summed E-state index contributed by atoms with van der Waals surface area (Å²) in [6, 6.07) is 8.29. The smallest absolute Gasteiger partial charge is 0.313 e. The van der Waals surface area contributed by atoms with E-state index in [9.17, 15) is 18.4 Å². The Morgan fingerprint density at radius 3 is 2.68 bits per heavy atom. The van der Waals surface area contributed by atoms with Crippen LogP contribution in [0.5, 0.6) is 5.75 Å². The number of rotatable bonds is 5. The summed E-state index contributed by atoms with van der Waals surface area (Å²) in [5, 5.41) is 4.63. The molecular formula is C20H21F2N3O3. The number of nitrogens with one attached hydrogen (secondary N) is 2. The summed E-state index contributed by atoms with van der Waals surface area (Å²) in [5.41, 5.74) is 1.70. The van der Waals surface area contributed by atoms with E-state index in [4.69, 9.17) is 4.74 Å². The van der Waals surface area contributed by atoms with Gasteiger partial charge >= 0.3 is 11.8 Å². The van der Waals surface area contributed by atoms with Gasteiger partial charge in [0.05, 0.1) is 18.3 Å². The number of ether oxygens (including phenoxy) is 1. The van der Waals surface area contributed by atoms with Gasteiger partial charge in [-0.1, -0.05) is 12.1 Å². The van der Waals surface area contributed by atoms with Crippen molar-refractivity contribution in [2.24, 2.45) is 0 Å². The van der Waals surface area contributed by atoms with Gasteiger partial charge < -0.3 is 20.3 Å². The Labute approximate surface area is 161 Å². The number of halogens is 2. The summed E-state index contributed by atoms with van der Waals surface area (Å²) in [5.74, 6) is -2.68. The molecule has 1 aliphatic rings. The van der Waals surface area contributed by atoms with Gasteiger partial charge in [-0.3, -0.25) is 9.59 Å². The molecule has 2 aromatic carbocycles. The zero-order chi connectivity index (χ0) is 20.3. The van der Waals surface area contributed by atoms with Crippen LogP contribution in [0.2, 0.25) is 0 Å². The van der Waals surface area contributed by atoms with Gasteiger partial charge in [0.25, 0.3) is 0 Å². The second kappa shape index (κ2) is 8.35. The van der Waals surface area contributed by atoms with Crippen LogP contribution in [0.15, 0.2) is 36.4 Å². The Bertz CT molecular complexity index is 902. The fourth-order valence-electron chi connectivity index (χ4n) is 3.05. The molecule has 2 amide bonds. The van der Waals surface area contributed by atoms with E-state index in [1.165, 1.54) is 0 Å². The van der Waals surface area contributed by atoms with Crippen molar-refractivity contribution in [3.8, 4) is 5.75 Å². The first-order valence-electron chi connectivity index (χ1n) is 8.81. The fraction of sp³-hybridized carbons (Fsp3) is 0.300. The monoisotopic (exact) mass is 389 g/mol. The highest BCUT2D eigenvalue weighted by molar-refractivity contribution is 6.39. The number of hydrogen-bond acceptors (Lipinski definition) is 4. The molecule has 1 heterocycles. The second-order valence-electron chi connectivity index (χ2n) is 6.73. The highest BCUT2D eigenvalue weighted by Crippen LogP contribution is 2.29. The van der Waals surface area contributed by atoms with Crippen LogP contribution in [0.25, 0.3) is 0 Å². The standard InChI is InChI=1S/C20H21F2N3O3/c1-25(2)17(12-3-6-18-13(9-12)7-8-28-18)11-23-19(26)20(27)24-16-10-14(21)4-5-15(16)22/h3-6,9-10,17H,7-8,11H2,1-2H3,(H,23,26)(H,24,27)/t17-/m0/s1. The molecule has 0 saturated carbocycles. The van der Waals surface area contributed by atoms with Crippen molar-refractivity contribution in [3.63, 3.8) is 0 Å². The SMILES string of the molecule is CN(C)[C@@H](CNC(=O)C(=O)Nc1cc(F)ccc1F)c1ccc2c(c1)CCO2. The first kappa shape index (κ1) is 19.8. The van der Waals surface area contributed by atoms with E-state index in [1.807, 2.05) is 37.2 Å². The summed E-state index contributed by atoms with van der Waals surface area (Å²) >= 11 is 0. The van der Waals surface area contributed by atoms with E-state index < -0.39 is 23.4 Å². The van der Waals surface area contributed by atoms with E-state index in [-0.39, 0.29) is 18.3 Å². The fourth-order valence-corrected chi connectivity index (χ4v) is 3.05. The minimum atomic E-state index is -1.07. The van der Waals surface area contributed by atoms with Crippen molar-refractivity contribution in [1.29, 1.82) is 0 Å². The molecule has 0 saturated heterocycles. The van der Waals surface area contributed by atoms with Gasteiger partial charge in [0.1, 0.15) is 17.4 Å². The number of carbonyl (C=O) groups is 2. The van der Waals surface area contributed by atoms with Crippen molar-refractivity contribution >= 4 is 17.5 Å². The van der Waals surface area contributed by atoms with Crippen LogP contribution in [0, 0.1) is 11.6 Å². The van der Waals surface area contributed by atoms with Crippen LogP contribution in [-0.4, -0.2) is 44.0 Å². The predicted octanol–water partition coefficient (Wildman–Crippen LogP) is 2.26. The van der Waals surface area contributed by atoms with Crippen LogP contribution in [-0.2, 0) is 16.0 Å². The molecule has 6 nitrogen and oxygen atoms in total. The van der Waals surface area contributed by atoms with E-state index in [2.05, 4.69) is 10.6 Å². The van der Waals surface area contributed by atoms with E-state index in [0.29, 0.717) is 6.61 Å². The zero-order valence-corrected chi connectivity index (χ0v) is 15.6. The lowest BCUT2D eigenvalue weighted by atomic mass is 10.0. The van der Waals surface area contributed by atoms with Crippen LogP contribution >= 0.6 is 0 Å². The minimum absolute atomic E-state index is 0.171. The largest absolute Gasteiger partial charge is 0.493 e. The van der Waals surface area contributed by atoms with E-state index >= 15 is 0 Å². The number of fused-ring (bicyclic) bond motifs is 1. The first-order valence-corrected chi connectivity index (χ1v) is 8.81.